The Hall–Kier alpha value is -2.96. The number of aryl methyl sites for hydroxylation is 1. The van der Waals surface area contributed by atoms with Gasteiger partial charge in [0.1, 0.15) is 5.75 Å². The van der Waals surface area contributed by atoms with Crippen molar-refractivity contribution in [2.45, 2.75) is 20.4 Å². The molecule has 0 unspecified atom stereocenters. The molecule has 0 bridgehead atoms. The van der Waals surface area contributed by atoms with Crippen LogP contribution in [0.3, 0.4) is 0 Å². The van der Waals surface area contributed by atoms with Gasteiger partial charge in [-0.3, -0.25) is 14.5 Å². The second-order valence-corrected chi connectivity index (χ2v) is 8.44. The molecule has 30 heavy (non-hydrogen) atoms. The van der Waals surface area contributed by atoms with Crippen LogP contribution in [0, 0.1) is 13.8 Å². The van der Waals surface area contributed by atoms with Crippen molar-refractivity contribution in [2.24, 2.45) is 0 Å². The molecule has 2 amide bonds. The number of hydrogen-bond donors (Lipinski definition) is 1. The minimum Gasteiger partial charge on any atom is -0.508 e. The molecule has 7 heteroatoms. The molecule has 1 fully saturated rings. The molecule has 1 aromatic heterocycles. The first-order valence-corrected chi connectivity index (χ1v) is 10.5. The Morgan fingerprint density at radius 3 is 2.47 bits per heavy atom. The third-order valence-corrected chi connectivity index (χ3v) is 6.30. The minimum atomic E-state index is -0.320. The molecule has 1 N–H and O–H groups in total. The van der Waals surface area contributed by atoms with Crippen molar-refractivity contribution in [3.63, 3.8) is 0 Å². The van der Waals surface area contributed by atoms with Crippen molar-refractivity contribution in [3.8, 4) is 11.4 Å². The molecular formula is C23H19ClN2O3S. The summed E-state index contributed by atoms with van der Waals surface area (Å²) in [6.07, 6.45) is 1.76. The molecule has 152 valence electrons. The number of nitrogens with zero attached hydrogens (tertiary/aromatic N) is 2. The van der Waals surface area contributed by atoms with Gasteiger partial charge in [0, 0.05) is 22.1 Å². The number of rotatable bonds is 4. The van der Waals surface area contributed by atoms with Crippen molar-refractivity contribution in [1.29, 1.82) is 0 Å². The zero-order valence-electron chi connectivity index (χ0n) is 16.4. The monoisotopic (exact) mass is 438 g/mol. The van der Waals surface area contributed by atoms with Crippen LogP contribution in [0.4, 0.5) is 4.79 Å². The Morgan fingerprint density at radius 1 is 1.07 bits per heavy atom. The Morgan fingerprint density at radius 2 is 1.77 bits per heavy atom. The predicted octanol–water partition coefficient (Wildman–Crippen LogP) is 5.69. The van der Waals surface area contributed by atoms with Gasteiger partial charge < -0.3 is 9.67 Å². The van der Waals surface area contributed by atoms with E-state index in [9.17, 15) is 14.7 Å². The van der Waals surface area contributed by atoms with E-state index in [4.69, 9.17) is 11.6 Å². The Bertz CT molecular complexity index is 1180. The molecule has 0 spiro atoms. The van der Waals surface area contributed by atoms with Gasteiger partial charge in [-0.25, -0.2) is 0 Å². The molecule has 3 aromatic rings. The van der Waals surface area contributed by atoms with Gasteiger partial charge in [0.15, 0.2) is 0 Å². The van der Waals surface area contributed by atoms with Crippen LogP contribution in [0.5, 0.6) is 5.75 Å². The van der Waals surface area contributed by atoms with Crippen LogP contribution in [0.1, 0.15) is 22.5 Å². The molecule has 0 saturated carbocycles. The fourth-order valence-corrected chi connectivity index (χ4v) is 4.53. The number of phenolic OH excluding ortho intramolecular Hbond substituents is 1. The smallest absolute Gasteiger partial charge is 0.293 e. The van der Waals surface area contributed by atoms with Gasteiger partial charge in [-0.15, -0.1) is 0 Å². The number of thioether (sulfide) groups is 1. The minimum absolute atomic E-state index is 0.147. The van der Waals surface area contributed by atoms with Crippen LogP contribution in [0.15, 0.2) is 59.5 Å². The van der Waals surface area contributed by atoms with Crippen LogP contribution in [0.2, 0.25) is 5.02 Å². The number of carbonyl (C=O) groups is 2. The lowest BCUT2D eigenvalue weighted by Crippen LogP contribution is -2.27. The maximum absolute atomic E-state index is 12.9. The molecular weight excluding hydrogens is 420 g/mol. The number of aromatic nitrogens is 1. The molecule has 0 radical (unpaired) electrons. The van der Waals surface area contributed by atoms with Gasteiger partial charge in [-0.1, -0.05) is 29.8 Å². The van der Waals surface area contributed by atoms with E-state index in [2.05, 4.69) is 0 Å². The summed E-state index contributed by atoms with van der Waals surface area (Å²) in [6, 6.07) is 16.1. The van der Waals surface area contributed by atoms with Crippen molar-refractivity contribution in [3.05, 3.63) is 87.0 Å². The fourth-order valence-electron chi connectivity index (χ4n) is 3.51. The van der Waals surface area contributed by atoms with E-state index >= 15 is 0 Å². The summed E-state index contributed by atoms with van der Waals surface area (Å²) in [7, 11) is 0. The maximum Gasteiger partial charge on any atom is 0.293 e. The van der Waals surface area contributed by atoms with E-state index in [1.807, 2.05) is 48.7 Å². The summed E-state index contributed by atoms with van der Waals surface area (Å²) in [5.41, 5.74) is 4.43. The first-order chi connectivity index (χ1) is 14.3. The van der Waals surface area contributed by atoms with Crippen molar-refractivity contribution < 1.29 is 14.7 Å². The second kappa shape index (κ2) is 8.05. The number of imide groups is 1. The number of benzene rings is 2. The van der Waals surface area contributed by atoms with Gasteiger partial charge in [-0.05, 0) is 79.2 Å². The molecule has 0 aliphatic carbocycles. The third-order valence-electron chi connectivity index (χ3n) is 5.02. The van der Waals surface area contributed by atoms with E-state index in [1.54, 1.807) is 30.3 Å². The molecule has 1 aliphatic heterocycles. The lowest BCUT2D eigenvalue weighted by molar-refractivity contribution is -0.123. The summed E-state index contributed by atoms with van der Waals surface area (Å²) >= 11 is 7.12. The summed E-state index contributed by atoms with van der Waals surface area (Å²) in [5.74, 6) is -0.118. The van der Waals surface area contributed by atoms with Crippen LogP contribution in [0.25, 0.3) is 11.8 Å². The summed E-state index contributed by atoms with van der Waals surface area (Å²) in [5, 5.41) is 9.75. The highest BCUT2D eigenvalue weighted by atomic mass is 35.5. The summed E-state index contributed by atoms with van der Waals surface area (Å²) < 4.78 is 2.04. The quantitative estimate of drug-likeness (QED) is 0.531. The largest absolute Gasteiger partial charge is 0.508 e. The van der Waals surface area contributed by atoms with E-state index in [0.29, 0.717) is 9.93 Å². The highest BCUT2D eigenvalue weighted by Crippen LogP contribution is 2.35. The van der Waals surface area contributed by atoms with Crippen LogP contribution >= 0.6 is 23.4 Å². The van der Waals surface area contributed by atoms with E-state index in [1.165, 1.54) is 4.90 Å². The Labute approximate surface area is 183 Å². The van der Waals surface area contributed by atoms with Crippen LogP contribution in [-0.4, -0.2) is 25.7 Å². The first-order valence-electron chi connectivity index (χ1n) is 9.32. The molecule has 2 aromatic carbocycles. The number of carbonyl (C=O) groups excluding carboxylic acids is 2. The Balaban J connectivity index is 1.63. The first kappa shape index (κ1) is 20.3. The predicted molar refractivity (Wildman–Crippen MR) is 120 cm³/mol. The standard InChI is InChI=1S/C23H19ClN2O3S/c1-14-11-17(15(2)26(14)18-7-9-19(27)10-8-18)12-21-22(28)25(23(29)30-21)13-16-5-3-4-6-20(16)24/h3-12,27H,13H2,1-2H3/b21-12-. The van der Waals surface area contributed by atoms with Gasteiger partial charge in [0.2, 0.25) is 0 Å². The fraction of sp³-hybridized carbons (Fsp3) is 0.130. The number of aromatic hydroxyl groups is 1. The number of halogens is 1. The lowest BCUT2D eigenvalue weighted by Gasteiger charge is -2.13. The zero-order valence-corrected chi connectivity index (χ0v) is 18.0. The van der Waals surface area contributed by atoms with E-state index in [0.717, 1.165) is 40.0 Å². The van der Waals surface area contributed by atoms with Gasteiger partial charge in [0.25, 0.3) is 11.1 Å². The van der Waals surface area contributed by atoms with Crippen LogP contribution < -0.4 is 0 Å². The summed E-state index contributed by atoms with van der Waals surface area (Å²) in [4.78, 5) is 27.0. The molecule has 1 aliphatic rings. The van der Waals surface area contributed by atoms with Crippen molar-refractivity contribution in [2.75, 3.05) is 0 Å². The molecule has 4 rings (SSSR count). The van der Waals surface area contributed by atoms with Crippen molar-refractivity contribution in [1.82, 2.24) is 9.47 Å². The average molecular weight is 439 g/mol. The average Bonchev–Trinajstić information content (AvgIpc) is 3.14. The highest BCUT2D eigenvalue weighted by molar-refractivity contribution is 8.18. The maximum atomic E-state index is 12.9. The van der Waals surface area contributed by atoms with Gasteiger partial charge >= 0.3 is 0 Å². The number of amides is 2. The van der Waals surface area contributed by atoms with Gasteiger partial charge in [-0.2, -0.15) is 0 Å². The molecule has 1 saturated heterocycles. The molecule has 5 nitrogen and oxygen atoms in total. The SMILES string of the molecule is Cc1cc(/C=C2\SC(=O)N(Cc3ccccc3Cl)C2=O)c(C)n1-c1ccc(O)cc1. The Kier molecular flexibility index (Phi) is 5.45. The molecule has 0 atom stereocenters. The van der Waals surface area contributed by atoms with Crippen LogP contribution in [-0.2, 0) is 11.3 Å². The topological polar surface area (TPSA) is 62.5 Å². The van der Waals surface area contributed by atoms with Gasteiger partial charge in [0.05, 0.1) is 11.4 Å². The lowest BCUT2D eigenvalue weighted by atomic mass is 10.2. The normalized spacial score (nSPS) is 15.4. The highest BCUT2D eigenvalue weighted by Gasteiger charge is 2.35. The van der Waals surface area contributed by atoms with E-state index in [-0.39, 0.29) is 23.4 Å². The molecule has 2 heterocycles. The number of hydrogen-bond acceptors (Lipinski definition) is 4. The number of phenols is 1. The summed E-state index contributed by atoms with van der Waals surface area (Å²) in [6.45, 7) is 4.08. The van der Waals surface area contributed by atoms with E-state index < -0.39 is 0 Å². The zero-order chi connectivity index (χ0) is 21.4. The third kappa shape index (κ3) is 3.76. The van der Waals surface area contributed by atoms with Crippen molar-refractivity contribution >= 4 is 40.6 Å². The second-order valence-electron chi connectivity index (χ2n) is 7.04.